The number of hydrogen-bond donors (Lipinski definition) is 1. The van der Waals surface area contributed by atoms with Crippen LogP contribution in [-0.4, -0.2) is 12.5 Å². The summed E-state index contributed by atoms with van der Waals surface area (Å²) >= 11 is 0. The van der Waals surface area contributed by atoms with Gasteiger partial charge in [-0.15, -0.1) is 0 Å². The van der Waals surface area contributed by atoms with Gasteiger partial charge in [-0.2, -0.15) is 0 Å². The van der Waals surface area contributed by atoms with Crippen molar-refractivity contribution in [1.29, 1.82) is 0 Å². The quantitative estimate of drug-likeness (QED) is 0.842. The molecule has 0 saturated heterocycles. The van der Waals surface area contributed by atoms with Gasteiger partial charge in [0.25, 0.3) is 5.91 Å². The van der Waals surface area contributed by atoms with Crippen LogP contribution in [0.4, 0.5) is 8.78 Å². The highest BCUT2D eigenvalue weighted by Gasteiger charge is 2.24. The van der Waals surface area contributed by atoms with Gasteiger partial charge < -0.3 is 5.32 Å². The van der Waals surface area contributed by atoms with Gasteiger partial charge in [-0.25, -0.2) is 8.78 Å². The van der Waals surface area contributed by atoms with Gasteiger partial charge in [-0.05, 0) is 24.6 Å². The summed E-state index contributed by atoms with van der Waals surface area (Å²) in [6, 6.07) is 3.66. The SMILES string of the molecule is CCCNC(=O)c1ccc(F)c(C(F)(P)P)c1. The molecule has 0 saturated carbocycles. The number of amides is 1. The first kappa shape index (κ1) is 14.5. The maximum Gasteiger partial charge on any atom is 0.251 e. The van der Waals surface area contributed by atoms with Crippen molar-refractivity contribution in [3.63, 3.8) is 0 Å². The normalized spacial score (nSPS) is 11.4. The molecule has 1 aromatic rings. The zero-order valence-corrected chi connectivity index (χ0v) is 11.8. The Kier molecular flexibility index (Phi) is 4.97. The van der Waals surface area contributed by atoms with Crippen LogP contribution in [0, 0.1) is 5.82 Å². The second-order valence-corrected chi connectivity index (χ2v) is 6.07. The zero-order chi connectivity index (χ0) is 13.1. The Hall–Kier alpha value is -0.590. The van der Waals surface area contributed by atoms with Crippen LogP contribution in [-0.2, 0) is 5.15 Å². The molecule has 1 N–H and O–H groups in total. The van der Waals surface area contributed by atoms with Crippen LogP contribution >= 0.6 is 18.5 Å². The lowest BCUT2D eigenvalue weighted by molar-refractivity contribution is 0.0953. The molecule has 0 aliphatic rings. The molecule has 0 aliphatic carbocycles. The van der Waals surface area contributed by atoms with Gasteiger partial charge in [0, 0.05) is 17.7 Å². The molecule has 0 fully saturated rings. The van der Waals surface area contributed by atoms with Crippen molar-refractivity contribution >= 4 is 24.4 Å². The highest BCUT2D eigenvalue weighted by atomic mass is 31.1. The maximum atomic E-state index is 13.6. The Morgan fingerprint density at radius 1 is 1.47 bits per heavy atom. The topological polar surface area (TPSA) is 29.1 Å². The molecule has 1 amide bonds. The second-order valence-electron chi connectivity index (χ2n) is 3.72. The van der Waals surface area contributed by atoms with Gasteiger partial charge in [-0.3, -0.25) is 4.79 Å². The molecule has 0 aromatic heterocycles. The van der Waals surface area contributed by atoms with Gasteiger partial charge in [-0.1, -0.05) is 25.4 Å². The summed E-state index contributed by atoms with van der Waals surface area (Å²) in [5, 5.41) is 0.682. The first-order valence-corrected chi connectivity index (χ1v) is 6.36. The minimum atomic E-state index is -1.97. The van der Waals surface area contributed by atoms with E-state index in [4.69, 9.17) is 0 Å². The minimum absolute atomic E-state index is 0.170. The third-order valence-electron chi connectivity index (χ3n) is 2.18. The Balaban J connectivity index is 3.00. The number of carbonyl (C=O) groups excluding carboxylic acids is 1. The predicted octanol–water partition coefficient (Wildman–Crippen LogP) is 2.80. The van der Waals surface area contributed by atoms with Crippen LogP contribution in [0.15, 0.2) is 18.2 Å². The van der Waals surface area contributed by atoms with Crippen LogP contribution in [0.25, 0.3) is 0 Å². The van der Waals surface area contributed by atoms with Gasteiger partial charge in [0.05, 0.1) is 0 Å². The van der Waals surface area contributed by atoms with Crippen molar-refractivity contribution in [2.24, 2.45) is 0 Å². The highest BCUT2D eigenvalue weighted by molar-refractivity contribution is 7.38. The second kappa shape index (κ2) is 5.84. The lowest BCUT2D eigenvalue weighted by Gasteiger charge is -2.16. The van der Waals surface area contributed by atoms with E-state index in [1.807, 2.05) is 25.4 Å². The van der Waals surface area contributed by atoms with Crippen molar-refractivity contribution in [3.05, 3.63) is 35.1 Å². The minimum Gasteiger partial charge on any atom is -0.352 e. The van der Waals surface area contributed by atoms with E-state index in [-0.39, 0.29) is 17.0 Å². The van der Waals surface area contributed by atoms with Crippen LogP contribution in [0.5, 0.6) is 0 Å². The van der Waals surface area contributed by atoms with Crippen LogP contribution in [0.1, 0.15) is 29.3 Å². The number of benzene rings is 1. The molecule has 0 bridgehead atoms. The van der Waals surface area contributed by atoms with Gasteiger partial charge in [0.2, 0.25) is 0 Å². The fourth-order valence-electron chi connectivity index (χ4n) is 1.30. The summed E-state index contributed by atoms with van der Waals surface area (Å²) < 4.78 is 27.0. The monoisotopic (exact) mass is 277 g/mol. The molecule has 0 aliphatic heterocycles. The Labute approximate surface area is 104 Å². The molecule has 94 valence electrons. The average molecular weight is 277 g/mol. The number of nitrogens with one attached hydrogen (secondary N) is 1. The van der Waals surface area contributed by atoms with E-state index in [0.717, 1.165) is 12.5 Å². The van der Waals surface area contributed by atoms with E-state index in [2.05, 4.69) is 5.32 Å². The maximum absolute atomic E-state index is 13.6. The largest absolute Gasteiger partial charge is 0.352 e. The van der Waals surface area contributed by atoms with E-state index < -0.39 is 11.0 Å². The number of hydrogen-bond acceptors (Lipinski definition) is 1. The van der Waals surface area contributed by atoms with Crippen molar-refractivity contribution in [2.75, 3.05) is 6.54 Å². The van der Waals surface area contributed by atoms with E-state index in [1.165, 1.54) is 12.1 Å². The van der Waals surface area contributed by atoms with E-state index in [0.29, 0.717) is 6.54 Å². The summed E-state index contributed by atoms with van der Waals surface area (Å²) in [4.78, 5) is 11.6. The predicted molar refractivity (Wildman–Crippen MR) is 71.2 cm³/mol. The third kappa shape index (κ3) is 3.97. The van der Waals surface area contributed by atoms with Crippen molar-refractivity contribution < 1.29 is 13.6 Å². The fourth-order valence-corrected chi connectivity index (χ4v) is 1.74. The molecule has 0 radical (unpaired) electrons. The molecule has 6 heteroatoms. The molecular weight excluding hydrogens is 262 g/mol. The summed E-state index contributed by atoms with van der Waals surface area (Å²) in [6.07, 6.45) is 0.806. The molecule has 1 rings (SSSR count). The first-order chi connectivity index (χ1) is 7.86. The van der Waals surface area contributed by atoms with Crippen LogP contribution in [0.2, 0.25) is 0 Å². The third-order valence-corrected chi connectivity index (χ3v) is 2.80. The Morgan fingerprint density at radius 2 is 2.12 bits per heavy atom. The molecule has 17 heavy (non-hydrogen) atoms. The van der Waals surface area contributed by atoms with Crippen molar-refractivity contribution in [3.8, 4) is 0 Å². The zero-order valence-electron chi connectivity index (χ0n) is 9.47. The summed E-state index contributed by atoms with van der Waals surface area (Å²) in [5.74, 6) is -1.00. The summed E-state index contributed by atoms with van der Waals surface area (Å²) in [7, 11) is 3.76. The first-order valence-electron chi connectivity index (χ1n) is 5.21. The van der Waals surface area contributed by atoms with Crippen molar-refractivity contribution in [1.82, 2.24) is 5.32 Å². The Bertz CT molecular complexity index is 418. The van der Waals surface area contributed by atoms with Gasteiger partial charge in [0.1, 0.15) is 5.82 Å². The molecule has 2 unspecified atom stereocenters. The lowest BCUT2D eigenvalue weighted by Crippen LogP contribution is -2.24. The number of carbonyl (C=O) groups is 1. The van der Waals surface area contributed by atoms with E-state index in [9.17, 15) is 13.6 Å². The smallest absolute Gasteiger partial charge is 0.251 e. The van der Waals surface area contributed by atoms with E-state index in [1.54, 1.807) is 0 Å². The molecule has 2 atom stereocenters. The van der Waals surface area contributed by atoms with Crippen LogP contribution in [0.3, 0.4) is 0 Å². The van der Waals surface area contributed by atoms with Crippen LogP contribution < -0.4 is 5.32 Å². The van der Waals surface area contributed by atoms with E-state index >= 15 is 0 Å². The average Bonchev–Trinajstić information content (AvgIpc) is 2.25. The van der Waals surface area contributed by atoms with Gasteiger partial charge in [0.15, 0.2) is 5.15 Å². The molecule has 0 heterocycles. The standard InChI is InChI=1S/C11H15F2NOP2/c1-2-5-14-10(15)7-3-4-9(12)8(6-7)11(13,16)17/h3-4,6H,2,5,16-17H2,1H3,(H,14,15). The molecule has 0 spiro atoms. The number of rotatable bonds is 4. The number of alkyl halides is 1. The summed E-state index contributed by atoms with van der Waals surface area (Å²) in [6.45, 7) is 2.46. The highest BCUT2D eigenvalue weighted by Crippen LogP contribution is 2.41. The molecule has 1 aromatic carbocycles. The molecular formula is C11H15F2NOP2. The number of halogens is 2. The van der Waals surface area contributed by atoms with Gasteiger partial charge >= 0.3 is 0 Å². The summed E-state index contributed by atoms with van der Waals surface area (Å²) in [5.41, 5.74) is 0.0819. The molecule has 2 nitrogen and oxygen atoms in total. The van der Waals surface area contributed by atoms with Crippen molar-refractivity contribution in [2.45, 2.75) is 18.5 Å². The lowest BCUT2D eigenvalue weighted by atomic mass is 10.1. The fraction of sp³-hybridized carbons (Fsp3) is 0.364. The Morgan fingerprint density at radius 3 is 2.65 bits per heavy atom.